The van der Waals surface area contributed by atoms with Crippen molar-refractivity contribution in [3.8, 4) is 0 Å². The van der Waals surface area contributed by atoms with Crippen molar-refractivity contribution in [2.45, 2.75) is 26.3 Å². The van der Waals surface area contributed by atoms with Crippen LogP contribution >= 0.6 is 0 Å². The highest BCUT2D eigenvalue weighted by Gasteiger charge is 2.17. The van der Waals surface area contributed by atoms with Crippen molar-refractivity contribution in [2.75, 3.05) is 11.4 Å². The Bertz CT molecular complexity index is 648. The van der Waals surface area contributed by atoms with Crippen molar-refractivity contribution >= 4 is 5.95 Å². The van der Waals surface area contributed by atoms with Gasteiger partial charge in [-0.1, -0.05) is 31.2 Å². The van der Waals surface area contributed by atoms with Gasteiger partial charge < -0.3 is 4.90 Å². The van der Waals surface area contributed by atoms with E-state index in [9.17, 15) is 4.79 Å². The minimum absolute atomic E-state index is 0.0688. The number of aryl methyl sites for hydroxylation is 1. The highest BCUT2D eigenvalue weighted by molar-refractivity contribution is 5.39. The molecule has 0 atom stereocenters. The molecule has 4 heteroatoms. The fourth-order valence-corrected chi connectivity index (χ4v) is 2.50. The van der Waals surface area contributed by atoms with E-state index in [2.05, 4.69) is 39.1 Å². The second-order valence-corrected chi connectivity index (χ2v) is 4.85. The van der Waals surface area contributed by atoms with Gasteiger partial charge >= 0.3 is 0 Å². The average Bonchev–Trinajstić information content (AvgIpc) is 2.46. The number of anilines is 1. The van der Waals surface area contributed by atoms with Crippen molar-refractivity contribution in [1.29, 1.82) is 0 Å². The number of fused-ring (bicyclic) bond motifs is 1. The zero-order valence-electron chi connectivity index (χ0n) is 11.0. The molecule has 4 nitrogen and oxygen atoms in total. The highest BCUT2D eigenvalue weighted by atomic mass is 16.1. The molecule has 1 aliphatic rings. The summed E-state index contributed by atoms with van der Waals surface area (Å²) in [6.07, 6.45) is 1.78. The molecular weight excluding hydrogens is 238 g/mol. The van der Waals surface area contributed by atoms with Crippen LogP contribution in [0.4, 0.5) is 5.95 Å². The molecule has 1 aliphatic heterocycles. The Balaban J connectivity index is 1.93. The Hall–Kier alpha value is -2.10. The first-order valence-corrected chi connectivity index (χ1v) is 6.68. The molecule has 0 radical (unpaired) electrons. The predicted octanol–water partition coefficient (Wildman–Crippen LogP) is 1.90. The Morgan fingerprint density at radius 3 is 2.89 bits per heavy atom. The average molecular weight is 255 g/mol. The fraction of sp³-hybridized carbons (Fsp3) is 0.333. The summed E-state index contributed by atoms with van der Waals surface area (Å²) in [5.74, 6) is 0.693. The van der Waals surface area contributed by atoms with Crippen LogP contribution in [-0.4, -0.2) is 16.5 Å². The van der Waals surface area contributed by atoms with Gasteiger partial charge in [0.25, 0.3) is 5.56 Å². The summed E-state index contributed by atoms with van der Waals surface area (Å²) < 4.78 is 0. The molecule has 0 aliphatic carbocycles. The normalized spacial score (nSPS) is 14.3. The first kappa shape index (κ1) is 12.0. The molecule has 3 rings (SSSR count). The summed E-state index contributed by atoms with van der Waals surface area (Å²) in [6, 6.07) is 10.0. The summed E-state index contributed by atoms with van der Waals surface area (Å²) in [4.78, 5) is 21.1. The topological polar surface area (TPSA) is 49.0 Å². The van der Waals surface area contributed by atoms with Crippen LogP contribution < -0.4 is 10.5 Å². The van der Waals surface area contributed by atoms with Crippen LogP contribution in [0, 0.1) is 0 Å². The molecule has 19 heavy (non-hydrogen) atoms. The standard InChI is InChI=1S/C15H17N3O/c1-2-13-9-14(19)17-15(16-13)18-8-7-11-5-3-4-6-12(11)10-18/h3-6,9H,2,7-8,10H2,1H3,(H,16,17,19). The zero-order chi connectivity index (χ0) is 13.2. The number of benzene rings is 1. The maximum Gasteiger partial charge on any atom is 0.252 e. The smallest absolute Gasteiger partial charge is 0.252 e. The molecule has 0 spiro atoms. The van der Waals surface area contributed by atoms with Gasteiger partial charge in [-0.15, -0.1) is 0 Å². The highest BCUT2D eigenvalue weighted by Crippen LogP contribution is 2.21. The number of aromatic nitrogens is 2. The van der Waals surface area contributed by atoms with Crippen LogP contribution in [0.15, 0.2) is 35.1 Å². The molecule has 98 valence electrons. The van der Waals surface area contributed by atoms with Crippen LogP contribution in [0.25, 0.3) is 0 Å². The van der Waals surface area contributed by atoms with E-state index >= 15 is 0 Å². The van der Waals surface area contributed by atoms with E-state index in [4.69, 9.17) is 0 Å². The third-order valence-corrected chi connectivity index (χ3v) is 3.57. The lowest BCUT2D eigenvalue weighted by Gasteiger charge is -2.29. The summed E-state index contributed by atoms with van der Waals surface area (Å²) in [6.45, 7) is 3.72. The van der Waals surface area contributed by atoms with Crippen LogP contribution in [-0.2, 0) is 19.4 Å². The van der Waals surface area contributed by atoms with Crippen LogP contribution in [0.2, 0.25) is 0 Å². The van der Waals surface area contributed by atoms with E-state index in [1.165, 1.54) is 11.1 Å². The summed E-state index contributed by atoms with van der Waals surface area (Å²) in [5.41, 5.74) is 3.49. The molecule has 1 aromatic carbocycles. The Morgan fingerprint density at radius 2 is 2.11 bits per heavy atom. The first-order valence-electron chi connectivity index (χ1n) is 6.68. The van der Waals surface area contributed by atoms with Crippen LogP contribution in [0.5, 0.6) is 0 Å². The number of hydrogen-bond acceptors (Lipinski definition) is 3. The molecule has 1 aromatic heterocycles. The molecule has 1 N–H and O–H groups in total. The van der Waals surface area contributed by atoms with Gasteiger partial charge in [-0.25, -0.2) is 4.98 Å². The molecule has 0 unspecified atom stereocenters. The van der Waals surface area contributed by atoms with Crippen LogP contribution in [0.3, 0.4) is 0 Å². The third kappa shape index (κ3) is 2.38. The van der Waals surface area contributed by atoms with Crippen molar-refractivity contribution in [3.05, 3.63) is 57.5 Å². The van der Waals surface area contributed by atoms with Gasteiger partial charge in [0.15, 0.2) is 0 Å². The Labute approximate surface area is 112 Å². The molecule has 0 saturated carbocycles. The Morgan fingerprint density at radius 1 is 1.32 bits per heavy atom. The summed E-state index contributed by atoms with van der Waals surface area (Å²) in [7, 11) is 0. The van der Waals surface area contributed by atoms with Crippen LogP contribution in [0.1, 0.15) is 23.7 Å². The maximum absolute atomic E-state index is 11.6. The number of nitrogens with zero attached hydrogens (tertiary/aromatic N) is 2. The van der Waals surface area contributed by atoms with E-state index < -0.39 is 0 Å². The molecular formula is C15H17N3O. The maximum atomic E-state index is 11.6. The van der Waals surface area contributed by atoms with Crippen molar-refractivity contribution < 1.29 is 0 Å². The number of rotatable bonds is 2. The number of nitrogens with one attached hydrogen (secondary N) is 1. The molecule has 2 heterocycles. The summed E-state index contributed by atoms with van der Waals surface area (Å²) in [5, 5.41) is 0. The van der Waals surface area contributed by atoms with E-state index in [0.29, 0.717) is 5.95 Å². The third-order valence-electron chi connectivity index (χ3n) is 3.57. The monoisotopic (exact) mass is 255 g/mol. The molecule has 0 saturated heterocycles. The first-order chi connectivity index (χ1) is 9.26. The van der Waals surface area contributed by atoms with Crippen molar-refractivity contribution in [3.63, 3.8) is 0 Å². The van der Waals surface area contributed by atoms with E-state index in [0.717, 1.165) is 31.6 Å². The van der Waals surface area contributed by atoms with Gasteiger partial charge in [-0.2, -0.15) is 0 Å². The summed E-state index contributed by atoms with van der Waals surface area (Å²) >= 11 is 0. The van der Waals surface area contributed by atoms with E-state index in [1.54, 1.807) is 6.07 Å². The fourth-order valence-electron chi connectivity index (χ4n) is 2.50. The second kappa shape index (κ2) is 4.88. The SMILES string of the molecule is CCc1cc(=O)[nH]c(N2CCc3ccccc3C2)n1. The van der Waals surface area contributed by atoms with Gasteiger partial charge in [-0.05, 0) is 24.0 Å². The van der Waals surface area contributed by atoms with Gasteiger partial charge in [-0.3, -0.25) is 9.78 Å². The van der Waals surface area contributed by atoms with Gasteiger partial charge in [0.1, 0.15) is 0 Å². The molecule has 0 bridgehead atoms. The van der Waals surface area contributed by atoms with Crippen molar-refractivity contribution in [1.82, 2.24) is 9.97 Å². The lowest BCUT2D eigenvalue weighted by Crippen LogP contribution is -2.33. The lowest BCUT2D eigenvalue weighted by molar-refractivity contribution is 0.701. The molecule has 2 aromatic rings. The zero-order valence-corrected chi connectivity index (χ0v) is 11.0. The minimum Gasteiger partial charge on any atom is -0.338 e. The van der Waals surface area contributed by atoms with E-state index in [1.807, 2.05) is 6.92 Å². The quantitative estimate of drug-likeness (QED) is 0.891. The molecule has 0 fully saturated rings. The predicted molar refractivity (Wildman–Crippen MR) is 75.4 cm³/mol. The Kier molecular flexibility index (Phi) is 3.07. The van der Waals surface area contributed by atoms with Gasteiger partial charge in [0, 0.05) is 24.8 Å². The number of aromatic amines is 1. The van der Waals surface area contributed by atoms with Gasteiger partial charge in [0.05, 0.1) is 0 Å². The molecule has 0 amide bonds. The minimum atomic E-state index is -0.0688. The van der Waals surface area contributed by atoms with E-state index in [-0.39, 0.29) is 5.56 Å². The largest absolute Gasteiger partial charge is 0.338 e. The number of hydrogen-bond donors (Lipinski definition) is 1. The van der Waals surface area contributed by atoms with Gasteiger partial charge in [0.2, 0.25) is 5.95 Å². The van der Waals surface area contributed by atoms with Crippen molar-refractivity contribution in [2.24, 2.45) is 0 Å². The number of H-pyrrole nitrogens is 1. The lowest BCUT2D eigenvalue weighted by atomic mass is 10.0. The second-order valence-electron chi connectivity index (χ2n) is 4.85.